The Labute approximate surface area is 103 Å². The van der Waals surface area contributed by atoms with E-state index in [4.69, 9.17) is 0 Å². The molecular formula is C12H11NO5. The van der Waals surface area contributed by atoms with Gasteiger partial charge in [0.15, 0.2) is 0 Å². The number of benzene rings is 1. The molecule has 0 bridgehead atoms. The first-order chi connectivity index (χ1) is 8.54. The molecule has 0 aliphatic heterocycles. The molecule has 1 unspecified atom stereocenters. The van der Waals surface area contributed by atoms with Crippen molar-refractivity contribution in [2.75, 3.05) is 7.11 Å². The summed E-state index contributed by atoms with van der Waals surface area (Å²) in [7, 11) is 1.17. The molecule has 18 heavy (non-hydrogen) atoms. The number of nitro benzene ring substituents is 1. The van der Waals surface area contributed by atoms with Gasteiger partial charge in [-0.3, -0.25) is 14.9 Å². The van der Waals surface area contributed by atoms with Crippen molar-refractivity contribution in [3.8, 4) is 0 Å². The smallest absolute Gasteiger partial charge is 0.374 e. The molecular weight excluding hydrogens is 238 g/mol. The van der Waals surface area contributed by atoms with Crippen LogP contribution in [0.5, 0.6) is 0 Å². The molecule has 1 fully saturated rings. The number of carbonyl (C=O) groups excluding carboxylic acids is 2. The number of hydrogen-bond acceptors (Lipinski definition) is 5. The minimum Gasteiger partial charge on any atom is -0.463 e. The van der Waals surface area contributed by atoms with Gasteiger partial charge in [0.2, 0.25) is 5.78 Å². The molecule has 6 nitrogen and oxygen atoms in total. The Morgan fingerprint density at radius 1 is 1.33 bits per heavy atom. The zero-order valence-corrected chi connectivity index (χ0v) is 9.66. The van der Waals surface area contributed by atoms with Gasteiger partial charge in [-0.25, -0.2) is 4.79 Å². The van der Waals surface area contributed by atoms with E-state index in [2.05, 4.69) is 4.74 Å². The number of nitro groups is 1. The largest absolute Gasteiger partial charge is 0.463 e. The molecule has 1 aromatic rings. The summed E-state index contributed by atoms with van der Waals surface area (Å²) in [6, 6.07) is 6.03. The predicted octanol–water partition coefficient (Wildman–Crippen LogP) is 1.44. The average molecular weight is 249 g/mol. The second-order valence-electron chi connectivity index (χ2n) is 4.15. The van der Waals surface area contributed by atoms with E-state index in [-0.39, 0.29) is 17.5 Å². The summed E-state index contributed by atoms with van der Waals surface area (Å²) >= 11 is 0. The van der Waals surface area contributed by atoms with Gasteiger partial charge in [-0.15, -0.1) is 0 Å². The maximum atomic E-state index is 11.5. The summed E-state index contributed by atoms with van der Waals surface area (Å²) in [5.74, 6) is -1.73. The van der Waals surface area contributed by atoms with E-state index >= 15 is 0 Å². The second-order valence-corrected chi connectivity index (χ2v) is 4.15. The first-order valence-corrected chi connectivity index (χ1v) is 5.41. The molecule has 1 aliphatic carbocycles. The van der Waals surface area contributed by atoms with Crippen LogP contribution in [0.25, 0.3) is 0 Å². The van der Waals surface area contributed by atoms with Crippen molar-refractivity contribution < 1.29 is 19.2 Å². The molecule has 1 aliphatic rings. The highest BCUT2D eigenvalue weighted by atomic mass is 16.6. The van der Waals surface area contributed by atoms with E-state index < -0.39 is 16.7 Å². The first-order valence-electron chi connectivity index (χ1n) is 5.41. The zero-order valence-electron chi connectivity index (χ0n) is 9.66. The van der Waals surface area contributed by atoms with Crippen LogP contribution in [-0.4, -0.2) is 23.8 Å². The molecule has 0 amide bonds. The Morgan fingerprint density at radius 3 is 2.44 bits per heavy atom. The third kappa shape index (κ3) is 2.22. The molecule has 2 rings (SSSR count). The average Bonchev–Trinajstić information content (AvgIpc) is 3.17. The Balaban J connectivity index is 2.05. The molecule has 0 radical (unpaired) electrons. The fourth-order valence-electron chi connectivity index (χ4n) is 1.95. The van der Waals surface area contributed by atoms with E-state index in [1.807, 2.05) is 0 Å². The quantitative estimate of drug-likeness (QED) is 0.349. The Kier molecular flexibility index (Phi) is 3.10. The normalized spacial score (nSPS) is 21.2. The number of ketones is 1. The third-order valence-electron chi connectivity index (χ3n) is 3.05. The van der Waals surface area contributed by atoms with Gasteiger partial charge in [-0.2, -0.15) is 0 Å². The number of carbonyl (C=O) groups is 2. The second kappa shape index (κ2) is 4.56. The highest BCUT2D eigenvalue weighted by Gasteiger charge is 2.46. The maximum Gasteiger partial charge on any atom is 0.374 e. The molecule has 0 aromatic heterocycles. The molecule has 6 heteroatoms. The van der Waals surface area contributed by atoms with Crippen LogP contribution in [0.3, 0.4) is 0 Å². The van der Waals surface area contributed by atoms with E-state index in [0.29, 0.717) is 6.42 Å². The number of esters is 1. The summed E-state index contributed by atoms with van der Waals surface area (Å²) in [6.07, 6.45) is 0.589. The monoisotopic (exact) mass is 249 g/mol. The van der Waals surface area contributed by atoms with Crippen LogP contribution >= 0.6 is 0 Å². The van der Waals surface area contributed by atoms with Crippen LogP contribution in [0.15, 0.2) is 24.3 Å². The molecule has 2 atom stereocenters. The Bertz CT molecular complexity index is 508. The van der Waals surface area contributed by atoms with E-state index in [1.165, 1.54) is 19.2 Å². The Hall–Kier alpha value is -2.24. The number of methoxy groups -OCH3 is 1. The molecule has 0 N–H and O–H groups in total. The highest BCUT2D eigenvalue weighted by molar-refractivity contribution is 6.35. The van der Waals surface area contributed by atoms with Gasteiger partial charge in [-0.05, 0) is 17.9 Å². The van der Waals surface area contributed by atoms with Crippen molar-refractivity contribution in [2.45, 2.75) is 12.3 Å². The van der Waals surface area contributed by atoms with Crippen molar-refractivity contribution in [1.29, 1.82) is 0 Å². The molecule has 1 saturated carbocycles. The molecule has 0 saturated heterocycles. The minimum absolute atomic E-state index is 0.00949. The minimum atomic E-state index is -0.829. The van der Waals surface area contributed by atoms with Gasteiger partial charge >= 0.3 is 5.97 Å². The van der Waals surface area contributed by atoms with Crippen molar-refractivity contribution in [1.82, 2.24) is 0 Å². The number of rotatable bonds is 4. The number of ether oxygens (including phenoxy) is 1. The van der Waals surface area contributed by atoms with E-state index in [0.717, 1.165) is 5.56 Å². The summed E-state index contributed by atoms with van der Waals surface area (Å²) in [5.41, 5.74) is 0.845. The van der Waals surface area contributed by atoms with Crippen LogP contribution in [-0.2, 0) is 14.3 Å². The van der Waals surface area contributed by atoms with Crippen LogP contribution in [0.1, 0.15) is 17.9 Å². The lowest BCUT2D eigenvalue weighted by Gasteiger charge is -1.99. The van der Waals surface area contributed by atoms with Gasteiger partial charge in [0, 0.05) is 18.1 Å². The van der Waals surface area contributed by atoms with Crippen LogP contribution < -0.4 is 0 Å². The van der Waals surface area contributed by atoms with Crippen LogP contribution in [0.2, 0.25) is 0 Å². The van der Waals surface area contributed by atoms with E-state index in [9.17, 15) is 19.7 Å². The third-order valence-corrected chi connectivity index (χ3v) is 3.05. The first kappa shape index (κ1) is 12.2. The molecule has 0 spiro atoms. The summed E-state index contributed by atoms with van der Waals surface area (Å²) < 4.78 is 4.37. The van der Waals surface area contributed by atoms with Crippen molar-refractivity contribution >= 4 is 17.4 Å². The van der Waals surface area contributed by atoms with Crippen LogP contribution in [0.4, 0.5) is 5.69 Å². The van der Waals surface area contributed by atoms with E-state index in [1.54, 1.807) is 12.1 Å². The number of hydrogen-bond donors (Lipinski definition) is 0. The van der Waals surface area contributed by atoms with Crippen molar-refractivity contribution in [3.05, 3.63) is 39.9 Å². The maximum absolute atomic E-state index is 11.5. The highest BCUT2D eigenvalue weighted by Crippen LogP contribution is 2.48. The predicted molar refractivity (Wildman–Crippen MR) is 61.0 cm³/mol. The zero-order chi connectivity index (χ0) is 13.3. The lowest BCUT2D eigenvalue weighted by atomic mass is 10.1. The fourth-order valence-corrected chi connectivity index (χ4v) is 1.95. The van der Waals surface area contributed by atoms with Gasteiger partial charge in [-0.1, -0.05) is 12.1 Å². The van der Waals surface area contributed by atoms with Gasteiger partial charge in [0.1, 0.15) is 0 Å². The van der Waals surface area contributed by atoms with Crippen molar-refractivity contribution in [2.24, 2.45) is 5.92 Å². The standard InChI is InChI=1S/C12H11NO5/c1-18-12(15)11(14)10-6-9(10)7-2-4-8(5-3-7)13(16)17/h2-5,9-10H,6H2,1H3/t9-,10?/m0/s1. The number of nitrogens with zero attached hydrogens (tertiary/aromatic N) is 1. The van der Waals surface area contributed by atoms with Gasteiger partial charge < -0.3 is 4.74 Å². The van der Waals surface area contributed by atoms with Gasteiger partial charge in [0.25, 0.3) is 5.69 Å². The summed E-state index contributed by atoms with van der Waals surface area (Å²) in [5, 5.41) is 10.5. The SMILES string of the molecule is COC(=O)C(=O)C1C[C@H]1c1ccc([N+](=O)[O-])cc1. The molecule has 1 aromatic carbocycles. The number of Topliss-reactive ketones (excluding diaryl/α,β-unsaturated/α-hetero) is 1. The molecule has 0 heterocycles. The van der Waals surface area contributed by atoms with Crippen LogP contribution in [0, 0.1) is 16.0 Å². The lowest BCUT2D eigenvalue weighted by Crippen LogP contribution is -2.17. The van der Waals surface area contributed by atoms with Gasteiger partial charge in [0.05, 0.1) is 12.0 Å². The number of non-ortho nitro benzene ring substituents is 1. The Morgan fingerprint density at radius 2 is 1.94 bits per heavy atom. The topological polar surface area (TPSA) is 86.5 Å². The van der Waals surface area contributed by atoms with Crippen molar-refractivity contribution in [3.63, 3.8) is 0 Å². The summed E-state index contributed by atoms with van der Waals surface area (Å²) in [4.78, 5) is 32.6. The molecule has 94 valence electrons. The summed E-state index contributed by atoms with van der Waals surface area (Å²) in [6.45, 7) is 0. The lowest BCUT2D eigenvalue weighted by molar-refractivity contribution is -0.384. The fraction of sp³-hybridized carbons (Fsp3) is 0.333.